The highest BCUT2D eigenvalue weighted by atomic mass is 16.6. The zero-order chi connectivity index (χ0) is 59.9. The molecule has 0 radical (unpaired) electrons. The third kappa shape index (κ3) is 68.7. The van der Waals surface area contributed by atoms with Crippen molar-refractivity contribution in [1.82, 2.24) is 0 Å². The summed E-state index contributed by atoms with van der Waals surface area (Å²) in [6, 6.07) is 0. The standard InChI is InChI=1S/C77H132O6/c1-4-7-10-13-16-19-22-25-28-30-31-32-33-34-35-36-37-38-39-40-41-42-43-44-45-47-49-52-55-58-61-64-67-70-76(79)82-73-74(72-81-75(78)69-66-63-60-57-54-51-48-27-24-21-18-15-12-9-6-3)83-77(80)71-68-65-62-59-56-53-50-46-29-26-23-20-17-14-11-8-5-2/h8-9,11-12,17-18,20-21,26-27,29,48,50,53-54,57,59,62,74H,4-7,10,13-16,19,22-25,28,30-47,49,51-52,55-56,58,60-61,63-73H2,1-3H3/b11-8-,12-9-,20-17-,21-18-,29-26-,48-27-,53-50-,57-54-,62-59-. The third-order valence-electron chi connectivity index (χ3n) is 15.3. The van der Waals surface area contributed by atoms with E-state index in [2.05, 4.69) is 130 Å². The molecule has 0 heterocycles. The predicted molar refractivity (Wildman–Crippen MR) is 362 cm³/mol. The molecular weight excluding hydrogens is 1020 g/mol. The maximum absolute atomic E-state index is 12.9. The van der Waals surface area contributed by atoms with Crippen molar-refractivity contribution in [3.63, 3.8) is 0 Å². The summed E-state index contributed by atoms with van der Waals surface area (Å²) in [5.74, 6) is -1.01. The summed E-state index contributed by atoms with van der Waals surface area (Å²) in [4.78, 5) is 38.3. The van der Waals surface area contributed by atoms with Gasteiger partial charge < -0.3 is 14.2 Å². The average molecular weight is 1150 g/mol. The molecule has 0 aliphatic heterocycles. The second kappa shape index (κ2) is 70.6. The summed E-state index contributed by atoms with van der Waals surface area (Å²) in [5, 5.41) is 0. The topological polar surface area (TPSA) is 78.9 Å². The number of unbranched alkanes of at least 4 members (excludes halogenated alkanes) is 35. The number of hydrogen-bond acceptors (Lipinski definition) is 6. The van der Waals surface area contributed by atoms with Crippen LogP contribution in [-0.2, 0) is 28.6 Å². The van der Waals surface area contributed by atoms with E-state index in [1.807, 2.05) is 0 Å². The van der Waals surface area contributed by atoms with E-state index in [-0.39, 0.29) is 37.5 Å². The summed E-state index contributed by atoms with van der Waals surface area (Å²) in [7, 11) is 0. The van der Waals surface area contributed by atoms with Crippen LogP contribution in [0.25, 0.3) is 0 Å². The van der Waals surface area contributed by atoms with Gasteiger partial charge in [0, 0.05) is 19.3 Å². The van der Waals surface area contributed by atoms with Gasteiger partial charge in [-0.05, 0) is 96.3 Å². The molecule has 0 saturated carbocycles. The summed E-state index contributed by atoms with van der Waals surface area (Å²) < 4.78 is 16.9. The van der Waals surface area contributed by atoms with Crippen LogP contribution in [-0.4, -0.2) is 37.2 Å². The van der Waals surface area contributed by atoms with Crippen molar-refractivity contribution in [1.29, 1.82) is 0 Å². The van der Waals surface area contributed by atoms with Gasteiger partial charge in [0.1, 0.15) is 13.2 Å². The Kier molecular flexibility index (Phi) is 67.2. The first-order valence-electron chi connectivity index (χ1n) is 35.4. The van der Waals surface area contributed by atoms with Gasteiger partial charge in [0.15, 0.2) is 6.10 Å². The summed E-state index contributed by atoms with van der Waals surface area (Å²) in [5.41, 5.74) is 0. The Morgan fingerprint density at radius 2 is 0.482 bits per heavy atom. The number of ether oxygens (including phenoxy) is 3. The predicted octanol–water partition coefficient (Wildman–Crippen LogP) is 24.6. The molecule has 0 N–H and O–H groups in total. The molecule has 6 heteroatoms. The monoisotopic (exact) mass is 1150 g/mol. The van der Waals surface area contributed by atoms with Crippen molar-refractivity contribution in [2.45, 2.75) is 348 Å². The van der Waals surface area contributed by atoms with E-state index in [4.69, 9.17) is 14.2 Å². The minimum Gasteiger partial charge on any atom is -0.462 e. The van der Waals surface area contributed by atoms with E-state index in [1.54, 1.807) is 0 Å². The molecule has 0 amide bonds. The van der Waals surface area contributed by atoms with Gasteiger partial charge in [0.05, 0.1) is 0 Å². The highest BCUT2D eigenvalue weighted by molar-refractivity contribution is 5.71. The molecule has 0 aromatic carbocycles. The summed E-state index contributed by atoms with van der Waals surface area (Å²) in [6.45, 7) is 6.36. The molecule has 0 fully saturated rings. The van der Waals surface area contributed by atoms with Crippen molar-refractivity contribution >= 4 is 17.9 Å². The van der Waals surface area contributed by atoms with Gasteiger partial charge in [-0.2, -0.15) is 0 Å². The molecule has 0 bridgehead atoms. The SMILES string of the molecule is CC/C=C\C/C=C\C/C=C\C/C=C\C/C=C\CCCC(=O)OC(COC(=O)CCCC/C=C\C/C=C\C/C=C\C/C=C\CC)COC(=O)CCCCCCCCCCCCCCCCCCCCCCCCCCCCCCCCCCC. The lowest BCUT2D eigenvalue weighted by Crippen LogP contribution is -2.30. The van der Waals surface area contributed by atoms with Crippen LogP contribution < -0.4 is 0 Å². The maximum atomic E-state index is 12.9. The van der Waals surface area contributed by atoms with Crippen molar-refractivity contribution < 1.29 is 28.6 Å². The van der Waals surface area contributed by atoms with Gasteiger partial charge >= 0.3 is 17.9 Å². The number of rotatable bonds is 64. The smallest absolute Gasteiger partial charge is 0.306 e. The quantitative estimate of drug-likeness (QED) is 0.0261. The van der Waals surface area contributed by atoms with E-state index in [0.29, 0.717) is 25.7 Å². The Bertz CT molecular complexity index is 1660. The fourth-order valence-corrected chi connectivity index (χ4v) is 10.1. The van der Waals surface area contributed by atoms with E-state index in [1.165, 1.54) is 193 Å². The molecule has 1 atom stereocenters. The zero-order valence-corrected chi connectivity index (χ0v) is 54.7. The average Bonchev–Trinajstić information content (AvgIpc) is 3.49. The third-order valence-corrected chi connectivity index (χ3v) is 15.3. The van der Waals surface area contributed by atoms with Crippen LogP contribution in [0.1, 0.15) is 342 Å². The van der Waals surface area contributed by atoms with E-state index in [9.17, 15) is 14.4 Å². The van der Waals surface area contributed by atoms with Gasteiger partial charge in [0.25, 0.3) is 0 Å². The molecule has 0 aliphatic carbocycles. The number of carbonyl (C=O) groups is 3. The second-order valence-corrected chi connectivity index (χ2v) is 23.4. The highest BCUT2D eigenvalue weighted by Gasteiger charge is 2.19. The Balaban J connectivity index is 4.23. The Morgan fingerprint density at radius 1 is 0.253 bits per heavy atom. The number of hydrogen-bond donors (Lipinski definition) is 0. The highest BCUT2D eigenvalue weighted by Crippen LogP contribution is 2.18. The van der Waals surface area contributed by atoms with Crippen molar-refractivity contribution in [3.05, 3.63) is 109 Å². The Hall–Kier alpha value is -3.93. The number of carbonyl (C=O) groups excluding carboxylic acids is 3. The van der Waals surface area contributed by atoms with Gasteiger partial charge in [-0.25, -0.2) is 0 Å². The van der Waals surface area contributed by atoms with Crippen molar-refractivity contribution in [2.24, 2.45) is 0 Å². The lowest BCUT2D eigenvalue weighted by Gasteiger charge is -2.18. The first-order valence-corrected chi connectivity index (χ1v) is 35.4. The molecule has 6 nitrogen and oxygen atoms in total. The van der Waals surface area contributed by atoms with Gasteiger partial charge in [-0.1, -0.05) is 336 Å². The van der Waals surface area contributed by atoms with Crippen molar-refractivity contribution in [3.8, 4) is 0 Å². The fraction of sp³-hybridized carbons (Fsp3) is 0.727. The normalized spacial score (nSPS) is 12.8. The summed E-state index contributed by atoms with van der Waals surface area (Å²) in [6.07, 6.45) is 97.3. The molecule has 0 aromatic heterocycles. The van der Waals surface area contributed by atoms with E-state index < -0.39 is 6.10 Å². The second-order valence-electron chi connectivity index (χ2n) is 23.4. The lowest BCUT2D eigenvalue weighted by molar-refractivity contribution is -0.167. The van der Waals surface area contributed by atoms with Crippen LogP contribution in [0.15, 0.2) is 109 Å². The molecule has 0 saturated heterocycles. The van der Waals surface area contributed by atoms with Crippen LogP contribution in [0.5, 0.6) is 0 Å². The molecular formula is C77H132O6. The minimum absolute atomic E-state index is 0.113. The molecule has 83 heavy (non-hydrogen) atoms. The molecule has 1 unspecified atom stereocenters. The fourth-order valence-electron chi connectivity index (χ4n) is 10.1. The van der Waals surface area contributed by atoms with Crippen LogP contribution in [0.4, 0.5) is 0 Å². The zero-order valence-electron chi connectivity index (χ0n) is 54.7. The van der Waals surface area contributed by atoms with E-state index in [0.717, 1.165) is 96.3 Å². The number of allylic oxidation sites excluding steroid dienone is 18. The van der Waals surface area contributed by atoms with Gasteiger partial charge in [-0.3, -0.25) is 14.4 Å². The molecule has 0 spiro atoms. The largest absolute Gasteiger partial charge is 0.462 e. The Morgan fingerprint density at radius 3 is 0.771 bits per heavy atom. The molecule has 0 aliphatic rings. The van der Waals surface area contributed by atoms with Crippen LogP contribution in [0.3, 0.4) is 0 Å². The van der Waals surface area contributed by atoms with Crippen LogP contribution in [0.2, 0.25) is 0 Å². The number of esters is 3. The van der Waals surface area contributed by atoms with Crippen molar-refractivity contribution in [2.75, 3.05) is 13.2 Å². The van der Waals surface area contributed by atoms with E-state index >= 15 is 0 Å². The van der Waals surface area contributed by atoms with Crippen LogP contribution in [0, 0.1) is 0 Å². The molecule has 0 rings (SSSR count). The van der Waals surface area contributed by atoms with Crippen LogP contribution >= 0.6 is 0 Å². The Labute approximate surface area is 514 Å². The van der Waals surface area contributed by atoms with Gasteiger partial charge in [0.2, 0.25) is 0 Å². The molecule has 0 aromatic rings. The lowest BCUT2D eigenvalue weighted by atomic mass is 10.0. The first kappa shape index (κ1) is 79.1. The first-order chi connectivity index (χ1) is 41.0. The maximum Gasteiger partial charge on any atom is 0.306 e. The summed E-state index contributed by atoms with van der Waals surface area (Å²) >= 11 is 0. The minimum atomic E-state index is -0.827. The van der Waals surface area contributed by atoms with Gasteiger partial charge in [-0.15, -0.1) is 0 Å². The molecule has 476 valence electrons.